The standard InChI is InChI=1S/C12H11F4N3O2/c1-19(6-10(20)12(14,15)16)11(21)18-9-3-2-8(13)4-7(9)5-17/h2-4,10,20H,6H2,1H3,(H,18,21). The van der Waals surface area contributed by atoms with Crippen molar-refractivity contribution in [2.24, 2.45) is 0 Å². The maximum absolute atomic E-state index is 12.9. The number of rotatable bonds is 3. The number of carbonyl (C=O) groups is 1. The average molecular weight is 305 g/mol. The Morgan fingerprint density at radius 2 is 2.14 bits per heavy atom. The van der Waals surface area contributed by atoms with Crippen LogP contribution >= 0.6 is 0 Å². The summed E-state index contributed by atoms with van der Waals surface area (Å²) in [5.41, 5.74) is -0.217. The van der Waals surface area contributed by atoms with Crippen LogP contribution in [0.5, 0.6) is 0 Å². The fraction of sp³-hybridized carbons (Fsp3) is 0.333. The zero-order chi connectivity index (χ0) is 16.2. The Morgan fingerprint density at radius 3 is 2.67 bits per heavy atom. The highest BCUT2D eigenvalue weighted by Crippen LogP contribution is 2.21. The maximum atomic E-state index is 12.9. The summed E-state index contributed by atoms with van der Waals surface area (Å²) >= 11 is 0. The molecule has 1 aromatic rings. The molecule has 1 rings (SSSR count). The minimum Gasteiger partial charge on any atom is -0.382 e. The SMILES string of the molecule is CN(CC(O)C(F)(F)F)C(=O)Nc1ccc(F)cc1C#N. The first-order valence-electron chi connectivity index (χ1n) is 5.61. The topological polar surface area (TPSA) is 76.4 Å². The molecule has 1 unspecified atom stereocenters. The van der Waals surface area contributed by atoms with Crippen molar-refractivity contribution in [3.63, 3.8) is 0 Å². The van der Waals surface area contributed by atoms with E-state index in [4.69, 9.17) is 10.4 Å². The van der Waals surface area contributed by atoms with Gasteiger partial charge in [0.2, 0.25) is 0 Å². The molecule has 5 nitrogen and oxygen atoms in total. The van der Waals surface area contributed by atoms with Gasteiger partial charge in [-0.2, -0.15) is 18.4 Å². The average Bonchev–Trinajstić information content (AvgIpc) is 2.39. The lowest BCUT2D eigenvalue weighted by molar-refractivity contribution is -0.205. The Morgan fingerprint density at radius 1 is 1.52 bits per heavy atom. The molecule has 1 aromatic carbocycles. The number of carbonyl (C=O) groups excluding carboxylic acids is 1. The van der Waals surface area contributed by atoms with Crippen LogP contribution in [0, 0.1) is 17.1 Å². The number of alkyl halides is 3. The summed E-state index contributed by atoms with van der Waals surface area (Å²) in [7, 11) is 1.04. The lowest BCUT2D eigenvalue weighted by atomic mass is 10.2. The first kappa shape index (κ1) is 16.7. The van der Waals surface area contributed by atoms with Crippen molar-refractivity contribution >= 4 is 11.7 Å². The van der Waals surface area contributed by atoms with Crippen molar-refractivity contribution in [1.82, 2.24) is 4.90 Å². The Balaban J connectivity index is 2.76. The summed E-state index contributed by atoms with van der Waals surface area (Å²) in [6, 6.07) is 3.65. The van der Waals surface area contributed by atoms with Crippen molar-refractivity contribution < 1.29 is 27.5 Å². The highest BCUT2D eigenvalue weighted by molar-refractivity contribution is 5.90. The van der Waals surface area contributed by atoms with E-state index in [0.717, 1.165) is 25.2 Å². The van der Waals surface area contributed by atoms with Crippen LogP contribution in [-0.2, 0) is 0 Å². The van der Waals surface area contributed by atoms with Gasteiger partial charge in [-0.1, -0.05) is 0 Å². The lowest BCUT2D eigenvalue weighted by Crippen LogP contribution is -2.43. The highest BCUT2D eigenvalue weighted by atomic mass is 19.4. The van der Waals surface area contributed by atoms with Crippen LogP contribution in [0.2, 0.25) is 0 Å². The number of amides is 2. The zero-order valence-corrected chi connectivity index (χ0v) is 10.8. The number of aliphatic hydroxyl groups is 1. The van der Waals surface area contributed by atoms with Crippen molar-refractivity contribution in [2.45, 2.75) is 12.3 Å². The molecule has 0 aliphatic rings. The molecule has 0 aromatic heterocycles. The van der Waals surface area contributed by atoms with E-state index in [1.807, 2.05) is 0 Å². The van der Waals surface area contributed by atoms with E-state index in [1.54, 1.807) is 6.07 Å². The second-order valence-electron chi connectivity index (χ2n) is 4.17. The van der Waals surface area contributed by atoms with Gasteiger partial charge in [-0.3, -0.25) is 0 Å². The summed E-state index contributed by atoms with van der Waals surface area (Å²) in [4.78, 5) is 12.3. The Hall–Kier alpha value is -2.34. The molecular weight excluding hydrogens is 294 g/mol. The number of benzene rings is 1. The molecule has 0 saturated heterocycles. The summed E-state index contributed by atoms with van der Waals surface area (Å²) < 4.78 is 49.4. The first-order chi connectivity index (χ1) is 9.65. The van der Waals surface area contributed by atoms with Gasteiger partial charge in [0.05, 0.1) is 17.8 Å². The molecule has 21 heavy (non-hydrogen) atoms. The molecule has 0 bridgehead atoms. The van der Waals surface area contributed by atoms with Crippen LogP contribution < -0.4 is 5.32 Å². The molecule has 0 spiro atoms. The van der Waals surface area contributed by atoms with Crippen LogP contribution in [0.3, 0.4) is 0 Å². The van der Waals surface area contributed by atoms with Gasteiger partial charge in [0.1, 0.15) is 11.9 Å². The molecule has 0 heterocycles. The molecule has 114 valence electrons. The molecule has 0 aliphatic carbocycles. The normalized spacial score (nSPS) is 12.4. The van der Waals surface area contributed by atoms with E-state index in [9.17, 15) is 22.4 Å². The van der Waals surface area contributed by atoms with Gasteiger partial charge in [0, 0.05) is 7.05 Å². The second kappa shape index (κ2) is 6.41. The van der Waals surface area contributed by atoms with Gasteiger partial charge in [0.25, 0.3) is 0 Å². The predicted octanol–water partition coefficient (Wildman–Crippen LogP) is 2.08. The van der Waals surface area contributed by atoms with Gasteiger partial charge in [0.15, 0.2) is 6.10 Å². The molecule has 9 heteroatoms. The highest BCUT2D eigenvalue weighted by Gasteiger charge is 2.39. The molecule has 1 atom stereocenters. The summed E-state index contributed by atoms with van der Waals surface area (Å²) in [6.45, 7) is -0.974. The number of anilines is 1. The van der Waals surface area contributed by atoms with Crippen LogP contribution in [0.1, 0.15) is 5.56 Å². The molecule has 0 aliphatic heterocycles. The number of halogens is 4. The predicted molar refractivity (Wildman–Crippen MR) is 64.8 cm³/mol. The third-order valence-electron chi connectivity index (χ3n) is 2.52. The van der Waals surface area contributed by atoms with E-state index in [-0.39, 0.29) is 11.3 Å². The number of hydrogen-bond donors (Lipinski definition) is 2. The van der Waals surface area contributed by atoms with Crippen LogP contribution in [0.4, 0.5) is 28.0 Å². The summed E-state index contributed by atoms with van der Waals surface area (Å²) in [5, 5.41) is 19.8. The van der Waals surface area contributed by atoms with Crippen molar-refractivity contribution in [3.05, 3.63) is 29.6 Å². The molecule has 0 fully saturated rings. The third kappa shape index (κ3) is 4.61. The minimum absolute atomic E-state index is 0.0442. The van der Waals surface area contributed by atoms with Crippen LogP contribution in [0.15, 0.2) is 18.2 Å². The quantitative estimate of drug-likeness (QED) is 0.840. The van der Waals surface area contributed by atoms with E-state index >= 15 is 0 Å². The molecule has 2 amide bonds. The number of nitriles is 1. The fourth-order valence-electron chi connectivity index (χ4n) is 1.37. The Labute approximate surface area is 117 Å². The Kier molecular flexibility index (Phi) is 5.10. The van der Waals surface area contributed by atoms with E-state index < -0.39 is 30.7 Å². The second-order valence-corrected chi connectivity index (χ2v) is 4.17. The van der Waals surface area contributed by atoms with E-state index in [1.165, 1.54) is 0 Å². The number of urea groups is 1. The monoisotopic (exact) mass is 305 g/mol. The van der Waals surface area contributed by atoms with Crippen molar-refractivity contribution in [1.29, 1.82) is 5.26 Å². The van der Waals surface area contributed by atoms with E-state index in [2.05, 4.69) is 5.32 Å². The van der Waals surface area contributed by atoms with Crippen LogP contribution in [0.25, 0.3) is 0 Å². The summed E-state index contributed by atoms with van der Waals surface area (Å²) in [5.74, 6) is -0.689. The van der Waals surface area contributed by atoms with Gasteiger partial charge >= 0.3 is 12.2 Å². The van der Waals surface area contributed by atoms with Crippen molar-refractivity contribution in [2.75, 3.05) is 18.9 Å². The molecule has 0 saturated carbocycles. The van der Waals surface area contributed by atoms with E-state index in [0.29, 0.717) is 4.90 Å². The third-order valence-corrected chi connectivity index (χ3v) is 2.52. The largest absolute Gasteiger partial charge is 0.416 e. The fourth-order valence-corrected chi connectivity index (χ4v) is 1.37. The smallest absolute Gasteiger partial charge is 0.382 e. The van der Waals surface area contributed by atoms with Gasteiger partial charge in [-0.15, -0.1) is 0 Å². The number of hydrogen-bond acceptors (Lipinski definition) is 3. The lowest BCUT2D eigenvalue weighted by Gasteiger charge is -2.22. The molecule has 0 radical (unpaired) electrons. The number of aliphatic hydroxyl groups excluding tert-OH is 1. The first-order valence-corrected chi connectivity index (χ1v) is 5.61. The molecular formula is C12H11F4N3O2. The number of nitrogens with zero attached hydrogens (tertiary/aromatic N) is 2. The number of likely N-dealkylation sites (N-methyl/N-ethyl adjacent to an activating group) is 1. The van der Waals surface area contributed by atoms with Crippen molar-refractivity contribution in [3.8, 4) is 6.07 Å². The van der Waals surface area contributed by atoms with Gasteiger partial charge < -0.3 is 15.3 Å². The van der Waals surface area contributed by atoms with Gasteiger partial charge in [-0.25, -0.2) is 9.18 Å². The summed E-state index contributed by atoms with van der Waals surface area (Å²) in [6.07, 6.45) is -7.53. The Bertz CT molecular complexity index is 569. The van der Waals surface area contributed by atoms with Crippen LogP contribution in [-0.4, -0.2) is 41.9 Å². The molecule has 2 N–H and O–H groups in total. The number of nitrogens with one attached hydrogen (secondary N) is 1. The minimum atomic E-state index is -4.85. The zero-order valence-electron chi connectivity index (χ0n) is 10.8. The maximum Gasteiger partial charge on any atom is 0.416 e. The van der Waals surface area contributed by atoms with Gasteiger partial charge in [-0.05, 0) is 18.2 Å².